The minimum absolute atomic E-state index is 0.0523. The molecular weight excluding hydrogens is 364 g/mol. The number of carboxylic acids is 1. The SMILES string of the molecule is COC=C(C(=O)O)c1cccc2c(C)c(-c3cccc(-c4ccccc4)c3)oc12. The van der Waals surface area contributed by atoms with Crippen molar-refractivity contribution in [2.45, 2.75) is 6.92 Å². The number of carboxylic acid groups (broad SMARTS) is 1. The third kappa shape index (κ3) is 3.41. The highest BCUT2D eigenvalue weighted by Gasteiger charge is 2.20. The van der Waals surface area contributed by atoms with Crippen LogP contribution in [0.5, 0.6) is 0 Å². The summed E-state index contributed by atoms with van der Waals surface area (Å²) in [6.07, 6.45) is 1.23. The second kappa shape index (κ2) is 7.68. The zero-order valence-electron chi connectivity index (χ0n) is 16.2. The first-order valence-corrected chi connectivity index (χ1v) is 9.24. The Morgan fingerprint density at radius 2 is 1.62 bits per heavy atom. The summed E-state index contributed by atoms with van der Waals surface area (Å²) < 4.78 is 11.2. The number of aryl methyl sites for hydroxylation is 1. The maximum atomic E-state index is 11.7. The van der Waals surface area contributed by atoms with Gasteiger partial charge < -0.3 is 14.3 Å². The summed E-state index contributed by atoms with van der Waals surface area (Å²) in [6.45, 7) is 1.99. The highest BCUT2D eigenvalue weighted by molar-refractivity contribution is 6.18. The van der Waals surface area contributed by atoms with Gasteiger partial charge in [0, 0.05) is 22.1 Å². The van der Waals surface area contributed by atoms with Crippen LogP contribution in [0.15, 0.2) is 83.5 Å². The molecule has 0 saturated heterocycles. The molecule has 0 radical (unpaired) electrons. The molecule has 4 aromatic rings. The van der Waals surface area contributed by atoms with Gasteiger partial charge in [-0.1, -0.05) is 66.7 Å². The monoisotopic (exact) mass is 384 g/mol. The van der Waals surface area contributed by atoms with Crippen LogP contribution in [0.25, 0.3) is 39.0 Å². The minimum atomic E-state index is -1.07. The molecule has 3 aromatic carbocycles. The number of hydrogen-bond acceptors (Lipinski definition) is 3. The predicted molar refractivity (Wildman–Crippen MR) is 114 cm³/mol. The first-order chi connectivity index (χ1) is 14.1. The van der Waals surface area contributed by atoms with Gasteiger partial charge in [-0.15, -0.1) is 0 Å². The van der Waals surface area contributed by atoms with Gasteiger partial charge in [0.1, 0.15) is 16.9 Å². The number of fused-ring (bicyclic) bond motifs is 1. The zero-order chi connectivity index (χ0) is 20.4. The Kier molecular flexibility index (Phi) is 4.92. The second-order valence-corrected chi connectivity index (χ2v) is 6.76. The number of furan rings is 1. The average Bonchev–Trinajstić information content (AvgIpc) is 3.09. The van der Waals surface area contributed by atoms with Crippen molar-refractivity contribution in [1.82, 2.24) is 0 Å². The topological polar surface area (TPSA) is 59.7 Å². The summed E-state index contributed by atoms with van der Waals surface area (Å²) in [4.78, 5) is 11.7. The van der Waals surface area contributed by atoms with Crippen molar-refractivity contribution in [1.29, 1.82) is 0 Å². The fraction of sp³-hybridized carbons (Fsp3) is 0.0800. The normalized spacial score (nSPS) is 11.6. The van der Waals surface area contributed by atoms with E-state index in [2.05, 4.69) is 24.3 Å². The van der Waals surface area contributed by atoms with Gasteiger partial charge in [-0.3, -0.25) is 0 Å². The lowest BCUT2D eigenvalue weighted by Gasteiger charge is -2.05. The Bertz CT molecular complexity index is 1220. The van der Waals surface area contributed by atoms with Gasteiger partial charge in [0.15, 0.2) is 0 Å². The second-order valence-electron chi connectivity index (χ2n) is 6.76. The molecule has 1 heterocycles. The number of aliphatic carboxylic acids is 1. The molecule has 4 heteroatoms. The smallest absolute Gasteiger partial charge is 0.339 e. The zero-order valence-corrected chi connectivity index (χ0v) is 16.2. The minimum Gasteiger partial charge on any atom is -0.503 e. The van der Waals surface area contributed by atoms with E-state index in [1.54, 1.807) is 6.07 Å². The van der Waals surface area contributed by atoms with Crippen LogP contribution < -0.4 is 0 Å². The van der Waals surface area contributed by atoms with E-state index in [0.29, 0.717) is 11.1 Å². The van der Waals surface area contributed by atoms with Crippen LogP contribution in [0.3, 0.4) is 0 Å². The molecular formula is C25H20O4. The fourth-order valence-corrected chi connectivity index (χ4v) is 3.55. The summed E-state index contributed by atoms with van der Waals surface area (Å²) in [6, 6.07) is 23.8. The van der Waals surface area contributed by atoms with Crippen LogP contribution in [0.1, 0.15) is 11.1 Å². The van der Waals surface area contributed by atoms with E-state index in [1.165, 1.54) is 13.4 Å². The number of benzene rings is 3. The van der Waals surface area contributed by atoms with Gasteiger partial charge in [-0.05, 0) is 24.1 Å². The number of carbonyl (C=O) groups is 1. The maximum Gasteiger partial charge on any atom is 0.339 e. The molecule has 0 atom stereocenters. The first kappa shape index (κ1) is 18.6. The molecule has 0 aliphatic heterocycles. The third-order valence-electron chi connectivity index (χ3n) is 4.95. The lowest BCUT2D eigenvalue weighted by Crippen LogP contribution is -2.00. The van der Waals surface area contributed by atoms with Crippen molar-refractivity contribution in [3.63, 3.8) is 0 Å². The molecule has 0 saturated carbocycles. The van der Waals surface area contributed by atoms with Crippen LogP contribution in [-0.2, 0) is 9.53 Å². The van der Waals surface area contributed by atoms with Crippen LogP contribution in [0.2, 0.25) is 0 Å². The molecule has 0 aliphatic carbocycles. The first-order valence-electron chi connectivity index (χ1n) is 9.24. The van der Waals surface area contributed by atoms with E-state index >= 15 is 0 Å². The molecule has 0 spiro atoms. The number of para-hydroxylation sites is 1. The van der Waals surface area contributed by atoms with Gasteiger partial charge >= 0.3 is 5.97 Å². The standard InChI is InChI=1S/C25H20O4/c1-16-20-12-7-13-21(22(15-28-2)25(26)27)24(20)29-23(16)19-11-6-10-18(14-19)17-8-4-3-5-9-17/h3-15H,1-2H3,(H,26,27). The average molecular weight is 384 g/mol. The summed E-state index contributed by atoms with van der Waals surface area (Å²) in [5.41, 5.74) is 5.21. The number of ether oxygens (including phenoxy) is 1. The highest BCUT2D eigenvalue weighted by Crippen LogP contribution is 2.37. The fourth-order valence-electron chi connectivity index (χ4n) is 3.55. The van der Waals surface area contributed by atoms with Crippen molar-refractivity contribution in [3.05, 3.63) is 90.2 Å². The van der Waals surface area contributed by atoms with Gasteiger partial charge in [0.05, 0.1) is 13.4 Å². The predicted octanol–water partition coefficient (Wildman–Crippen LogP) is 6.15. The maximum absolute atomic E-state index is 11.7. The quantitative estimate of drug-likeness (QED) is 0.331. The van der Waals surface area contributed by atoms with Crippen LogP contribution in [0.4, 0.5) is 0 Å². The molecule has 0 amide bonds. The lowest BCUT2D eigenvalue weighted by molar-refractivity contribution is -0.130. The van der Waals surface area contributed by atoms with Gasteiger partial charge in [-0.2, -0.15) is 0 Å². The van der Waals surface area contributed by atoms with Crippen molar-refractivity contribution in [3.8, 4) is 22.5 Å². The lowest BCUT2D eigenvalue weighted by atomic mass is 9.99. The van der Waals surface area contributed by atoms with Crippen LogP contribution in [-0.4, -0.2) is 18.2 Å². The molecule has 0 unspecified atom stereocenters. The van der Waals surface area contributed by atoms with E-state index in [4.69, 9.17) is 9.15 Å². The number of rotatable bonds is 5. The Morgan fingerprint density at radius 3 is 2.34 bits per heavy atom. The van der Waals surface area contributed by atoms with Gasteiger partial charge in [-0.25, -0.2) is 4.79 Å². The van der Waals surface area contributed by atoms with Gasteiger partial charge in [0.2, 0.25) is 0 Å². The van der Waals surface area contributed by atoms with E-state index in [0.717, 1.165) is 33.4 Å². The van der Waals surface area contributed by atoms with E-state index < -0.39 is 5.97 Å². The summed E-state index contributed by atoms with van der Waals surface area (Å²) >= 11 is 0. The molecule has 0 aliphatic rings. The Balaban J connectivity index is 1.89. The molecule has 0 bridgehead atoms. The molecule has 1 aromatic heterocycles. The number of methoxy groups -OCH3 is 1. The number of hydrogen-bond donors (Lipinski definition) is 1. The molecule has 29 heavy (non-hydrogen) atoms. The third-order valence-corrected chi connectivity index (χ3v) is 4.95. The van der Waals surface area contributed by atoms with Crippen molar-refractivity contribution in [2.75, 3.05) is 7.11 Å². The molecule has 0 fully saturated rings. The van der Waals surface area contributed by atoms with E-state index in [9.17, 15) is 9.90 Å². The Hall–Kier alpha value is -3.79. The van der Waals surface area contributed by atoms with E-state index in [1.807, 2.05) is 49.4 Å². The van der Waals surface area contributed by atoms with E-state index in [-0.39, 0.29) is 5.57 Å². The van der Waals surface area contributed by atoms with Crippen molar-refractivity contribution >= 4 is 22.5 Å². The molecule has 4 nitrogen and oxygen atoms in total. The molecule has 4 rings (SSSR count). The summed E-state index contributed by atoms with van der Waals surface area (Å²) in [7, 11) is 1.43. The van der Waals surface area contributed by atoms with Crippen LogP contribution in [0, 0.1) is 6.92 Å². The van der Waals surface area contributed by atoms with Crippen molar-refractivity contribution < 1.29 is 19.1 Å². The highest BCUT2D eigenvalue weighted by atomic mass is 16.5. The Morgan fingerprint density at radius 1 is 0.931 bits per heavy atom. The largest absolute Gasteiger partial charge is 0.503 e. The molecule has 1 N–H and O–H groups in total. The van der Waals surface area contributed by atoms with Gasteiger partial charge in [0.25, 0.3) is 0 Å². The Labute approximate surface area is 168 Å². The summed E-state index contributed by atoms with van der Waals surface area (Å²) in [5, 5.41) is 10.5. The molecule has 144 valence electrons. The van der Waals surface area contributed by atoms with Crippen molar-refractivity contribution in [2.24, 2.45) is 0 Å². The van der Waals surface area contributed by atoms with Crippen LogP contribution >= 0.6 is 0 Å². The summed E-state index contributed by atoms with van der Waals surface area (Å²) in [5.74, 6) is -0.339.